The molecule has 1 amide bonds. The molecule has 0 atom stereocenters. The van der Waals surface area contributed by atoms with E-state index in [2.05, 4.69) is 5.32 Å². The Morgan fingerprint density at radius 3 is 2.90 bits per heavy atom. The van der Waals surface area contributed by atoms with E-state index in [0.717, 1.165) is 6.42 Å². The minimum Gasteiger partial charge on any atom is -0.397 e. The number of benzene rings is 1. The van der Waals surface area contributed by atoms with E-state index in [4.69, 9.17) is 17.3 Å². The monoisotopic (exact) mass is 295 g/mol. The summed E-state index contributed by atoms with van der Waals surface area (Å²) in [7, 11) is 0. The van der Waals surface area contributed by atoms with Crippen LogP contribution in [0.1, 0.15) is 23.8 Å². The summed E-state index contributed by atoms with van der Waals surface area (Å²) in [5.74, 6) is -1.02. The summed E-state index contributed by atoms with van der Waals surface area (Å²) < 4.78 is 15.4. The van der Waals surface area contributed by atoms with Gasteiger partial charge in [-0.05, 0) is 24.6 Å². The summed E-state index contributed by atoms with van der Waals surface area (Å²) in [6.07, 6.45) is 2.54. The van der Waals surface area contributed by atoms with E-state index < -0.39 is 11.7 Å². The Hall–Kier alpha value is -2.01. The van der Waals surface area contributed by atoms with Crippen molar-refractivity contribution in [2.24, 2.45) is 0 Å². The van der Waals surface area contributed by atoms with Gasteiger partial charge in [-0.25, -0.2) is 4.39 Å². The Morgan fingerprint density at radius 2 is 2.25 bits per heavy atom. The number of nitrogens with zero attached hydrogens (tertiary/aromatic N) is 1. The van der Waals surface area contributed by atoms with Crippen LogP contribution in [0.3, 0.4) is 0 Å². The molecule has 0 aliphatic carbocycles. The number of carbonyl (C=O) groups excluding carboxylic acids is 1. The topological polar surface area (TPSA) is 60.0 Å². The highest BCUT2D eigenvalue weighted by Crippen LogP contribution is 2.25. The number of anilines is 2. The van der Waals surface area contributed by atoms with Gasteiger partial charge in [0.2, 0.25) is 0 Å². The van der Waals surface area contributed by atoms with E-state index >= 15 is 0 Å². The lowest BCUT2D eigenvalue weighted by Crippen LogP contribution is -2.17. The molecule has 0 aliphatic heterocycles. The van der Waals surface area contributed by atoms with Crippen molar-refractivity contribution in [2.45, 2.75) is 19.9 Å². The number of aromatic nitrogens is 1. The van der Waals surface area contributed by atoms with Crippen LogP contribution in [0.15, 0.2) is 30.5 Å². The number of nitrogen functional groups attached to an aromatic ring is 1. The zero-order valence-corrected chi connectivity index (χ0v) is 11.7. The number of halogens is 2. The summed E-state index contributed by atoms with van der Waals surface area (Å²) in [6.45, 7) is 2.65. The zero-order valence-electron chi connectivity index (χ0n) is 11.0. The SMILES string of the molecule is CCCn1cc(N)cc1C(=O)Nc1c(F)cccc1Cl. The van der Waals surface area contributed by atoms with Crippen LogP contribution in [0.2, 0.25) is 5.02 Å². The van der Waals surface area contributed by atoms with E-state index in [1.807, 2.05) is 6.92 Å². The maximum Gasteiger partial charge on any atom is 0.272 e. The minimum atomic E-state index is -0.576. The van der Waals surface area contributed by atoms with Crippen LogP contribution in [0.4, 0.5) is 15.8 Å². The molecule has 2 rings (SSSR count). The molecule has 6 heteroatoms. The van der Waals surface area contributed by atoms with Crippen molar-refractivity contribution in [3.8, 4) is 0 Å². The highest BCUT2D eigenvalue weighted by Gasteiger charge is 2.16. The fourth-order valence-electron chi connectivity index (χ4n) is 1.94. The lowest BCUT2D eigenvalue weighted by Gasteiger charge is -2.10. The molecular weight excluding hydrogens is 281 g/mol. The molecule has 1 aromatic carbocycles. The number of aryl methyl sites for hydroxylation is 1. The molecule has 0 radical (unpaired) electrons. The molecule has 1 aromatic heterocycles. The van der Waals surface area contributed by atoms with Gasteiger partial charge in [-0.3, -0.25) is 4.79 Å². The Balaban J connectivity index is 2.28. The van der Waals surface area contributed by atoms with Gasteiger partial charge in [0, 0.05) is 12.7 Å². The molecular formula is C14H15ClFN3O. The van der Waals surface area contributed by atoms with Crippen molar-refractivity contribution in [1.82, 2.24) is 4.57 Å². The molecule has 0 bridgehead atoms. The Labute approximate surface area is 121 Å². The molecule has 0 saturated heterocycles. The first-order valence-corrected chi connectivity index (χ1v) is 6.61. The molecule has 1 heterocycles. The van der Waals surface area contributed by atoms with Crippen LogP contribution in [0.5, 0.6) is 0 Å². The summed E-state index contributed by atoms with van der Waals surface area (Å²) in [5, 5.41) is 2.64. The van der Waals surface area contributed by atoms with E-state index in [1.165, 1.54) is 18.2 Å². The molecule has 0 saturated carbocycles. The first kappa shape index (κ1) is 14.4. The van der Waals surface area contributed by atoms with Crippen LogP contribution in [0, 0.1) is 5.82 Å². The number of nitrogens with two attached hydrogens (primary N) is 1. The van der Waals surface area contributed by atoms with E-state index in [0.29, 0.717) is 17.9 Å². The van der Waals surface area contributed by atoms with Gasteiger partial charge in [-0.15, -0.1) is 0 Å². The fourth-order valence-corrected chi connectivity index (χ4v) is 2.15. The van der Waals surface area contributed by atoms with Crippen molar-refractivity contribution in [1.29, 1.82) is 0 Å². The largest absolute Gasteiger partial charge is 0.397 e. The van der Waals surface area contributed by atoms with Gasteiger partial charge >= 0.3 is 0 Å². The van der Waals surface area contributed by atoms with E-state index in [-0.39, 0.29) is 10.7 Å². The Kier molecular flexibility index (Phi) is 4.29. The third-order valence-electron chi connectivity index (χ3n) is 2.82. The third kappa shape index (κ3) is 2.93. The van der Waals surface area contributed by atoms with E-state index in [1.54, 1.807) is 16.8 Å². The fraction of sp³-hybridized carbons (Fsp3) is 0.214. The van der Waals surface area contributed by atoms with Gasteiger partial charge in [0.25, 0.3) is 5.91 Å². The number of carbonyl (C=O) groups is 1. The van der Waals surface area contributed by atoms with Crippen LogP contribution in [0.25, 0.3) is 0 Å². The smallest absolute Gasteiger partial charge is 0.272 e. The Morgan fingerprint density at radius 1 is 1.50 bits per heavy atom. The first-order chi connectivity index (χ1) is 9.52. The quantitative estimate of drug-likeness (QED) is 0.906. The van der Waals surface area contributed by atoms with Gasteiger partial charge in [-0.1, -0.05) is 24.6 Å². The van der Waals surface area contributed by atoms with Gasteiger partial charge in [0.15, 0.2) is 0 Å². The summed E-state index contributed by atoms with van der Waals surface area (Å²) in [5.41, 5.74) is 6.54. The molecule has 106 valence electrons. The molecule has 3 N–H and O–H groups in total. The maximum absolute atomic E-state index is 13.6. The second kappa shape index (κ2) is 5.96. The third-order valence-corrected chi connectivity index (χ3v) is 3.13. The van der Waals surface area contributed by atoms with Crippen LogP contribution in [-0.4, -0.2) is 10.5 Å². The lowest BCUT2D eigenvalue weighted by molar-refractivity contribution is 0.101. The second-order valence-corrected chi connectivity index (χ2v) is 4.81. The molecule has 2 aromatic rings. The predicted molar refractivity (Wildman–Crippen MR) is 78.5 cm³/mol. The van der Waals surface area contributed by atoms with Crippen molar-refractivity contribution < 1.29 is 9.18 Å². The minimum absolute atomic E-state index is 0.0259. The average Bonchev–Trinajstić information content (AvgIpc) is 2.75. The average molecular weight is 296 g/mol. The van der Waals surface area contributed by atoms with Crippen molar-refractivity contribution in [3.63, 3.8) is 0 Å². The number of amides is 1. The highest BCUT2D eigenvalue weighted by atomic mass is 35.5. The molecule has 4 nitrogen and oxygen atoms in total. The normalized spacial score (nSPS) is 10.6. The summed E-state index contributed by atoms with van der Waals surface area (Å²) >= 11 is 5.88. The number of hydrogen-bond donors (Lipinski definition) is 2. The summed E-state index contributed by atoms with van der Waals surface area (Å²) in [6, 6.07) is 5.78. The summed E-state index contributed by atoms with van der Waals surface area (Å²) in [4.78, 5) is 12.2. The number of hydrogen-bond acceptors (Lipinski definition) is 2. The molecule has 0 unspecified atom stereocenters. The first-order valence-electron chi connectivity index (χ1n) is 6.24. The van der Waals surface area contributed by atoms with Gasteiger partial charge in [0.05, 0.1) is 16.4 Å². The van der Waals surface area contributed by atoms with Crippen LogP contribution < -0.4 is 11.1 Å². The maximum atomic E-state index is 13.6. The molecule has 0 spiro atoms. The molecule has 20 heavy (non-hydrogen) atoms. The lowest BCUT2D eigenvalue weighted by atomic mass is 10.3. The van der Waals surface area contributed by atoms with E-state index in [9.17, 15) is 9.18 Å². The second-order valence-electron chi connectivity index (χ2n) is 4.40. The van der Waals surface area contributed by atoms with Gasteiger partial charge in [0.1, 0.15) is 11.5 Å². The molecule has 0 aliphatic rings. The van der Waals surface area contributed by atoms with Gasteiger partial charge < -0.3 is 15.6 Å². The number of nitrogens with one attached hydrogen (secondary N) is 1. The van der Waals surface area contributed by atoms with Crippen molar-refractivity contribution in [3.05, 3.63) is 47.0 Å². The number of para-hydroxylation sites is 1. The van der Waals surface area contributed by atoms with Crippen LogP contribution in [-0.2, 0) is 6.54 Å². The highest BCUT2D eigenvalue weighted by molar-refractivity contribution is 6.33. The standard InChI is InChI=1S/C14H15ClFN3O/c1-2-6-19-8-9(17)7-12(19)14(20)18-13-10(15)4-3-5-11(13)16/h3-5,7-8H,2,6,17H2,1H3,(H,18,20). The number of rotatable bonds is 4. The zero-order chi connectivity index (χ0) is 14.7. The Bertz CT molecular complexity index is 619. The molecule has 0 fully saturated rings. The van der Waals surface area contributed by atoms with Crippen molar-refractivity contribution in [2.75, 3.05) is 11.1 Å². The van der Waals surface area contributed by atoms with Crippen LogP contribution >= 0.6 is 11.6 Å². The van der Waals surface area contributed by atoms with Crippen molar-refractivity contribution >= 4 is 28.9 Å². The van der Waals surface area contributed by atoms with Gasteiger partial charge in [-0.2, -0.15) is 0 Å². The predicted octanol–water partition coefficient (Wildman–Crippen LogP) is 3.53.